The lowest BCUT2D eigenvalue weighted by atomic mass is 10.1. The fraction of sp³-hybridized carbons (Fsp3) is 0.0909. The monoisotopic (exact) mass is 396 g/mol. The first-order valence-electron chi connectivity index (χ1n) is 8.63. The first-order valence-corrected chi connectivity index (χ1v) is 8.63. The zero-order chi connectivity index (χ0) is 20.5. The molecule has 0 saturated carbocycles. The van der Waals surface area contributed by atoms with Gasteiger partial charge in [-0.3, -0.25) is 9.59 Å². The molecule has 0 bridgehead atoms. The summed E-state index contributed by atoms with van der Waals surface area (Å²) in [5, 5.41) is 3.49. The van der Waals surface area contributed by atoms with Gasteiger partial charge in [-0.2, -0.15) is 0 Å². The Morgan fingerprint density at radius 3 is 1.93 bits per heavy atom. The number of ether oxygens (including phenoxy) is 2. The van der Waals surface area contributed by atoms with Crippen LogP contribution in [-0.4, -0.2) is 13.5 Å². The molecule has 0 fully saturated rings. The third-order valence-corrected chi connectivity index (χ3v) is 5.18. The largest absolute Gasteiger partial charge is 0.573 e. The predicted molar refractivity (Wildman–Crippen MR) is 105 cm³/mol. The van der Waals surface area contributed by atoms with E-state index in [0.29, 0.717) is 32.7 Å². The summed E-state index contributed by atoms with van der Waals surface area (Å²) in [6, 6.07) is 12.1. The molecule has 0 amide bonds. The minimum Gasteiger partial charge on any atom is -0.497 e. The van der Waals surface area contributed by atoms with Gasteiger partial charge >= 0.3 is 6.36 Å². The van der Waals surface area contributed by atoms with E-state index in [-0.39, 0.29) is 16.2 Å². The SMILES string of the molecule is COc1ccc2c(c1)c(=O)c1c2ccc2c(=O)c3cc(OC(F)(F)F)ccc3c21. The molecule has 0 unspecified atom stereocenters. The summed E-state index contributed by atoms with van der Waals surface area (Å²) in [4.78, 5) is 26.0. The van der Waals surface area contributed by atoms with Gasteiger partial charge in [0.25, 0.3) is 0 Å². The van der Waals surface area contributed by atoms with E-state index in [0.717, 1.165) is 17.5 Å². The lowest BCUT2D eigenvalue weighted by Gasteiger charge is -2.08. The van der Waals surface area contributed by atoms with Crippen molar-refractivity contribution in [3.63, 3.8) is 0 Å². The first-order chi connectivity index (χ1) is 13.8. The standard InChI is InChI=1S/C22H11F3O4/c1-28-10-2-4-12-13-6-7-15-18(19(13)21(27)16(12)8-10)14-5-3-11(29-22(23,24)25)9-17(14)20(15)26/h2-9H,1H3. The summed E-state index contributed by atoms with van der Waals surface area (Å²) in [7, 11) is 1.50. The number of benzene rings is 3. The van der Waals surface area contributed by atoms with Crippen molar-refractivity contribution in [3.05, 3.63) is 69.0 Å². The Hall–Kier alpha value is -3.61. The first kappa shape index (κ1) is 17.5. The van der Waals surface area contributed by atoms with E-state index >= 15 is 0 Å². The van der Waals surface area contributed by atoms with Gasteiger partial charge in [0.15, 0.2) is 10.9 Å². The number of halogens is 3. The number of alkyl halides is 3. The maximum absolute atomic E-state index is 13.1. The molecule has 0 N–H and O–H groups in total. The van der Waals surface area contributed by atoms with Crippen molar-refractivity contribution in [2.45, 2.75) is 6.36 Å². The van der Waals surface area contributed by atoms with Crippen molar-refractivity contribution in [1.82, 2.24) is 0 Å². The number of hydrogen-bond acceptors (Lipinski definition) is 4. The van der Waals surface area contributed by atoms with Gasteiger partial charge in [0.1, 0.15) is 11.5 Å². The summed E-state index contributed by atoms with van der Waals surface area (Å²) in [5.74, 6) is 0.0559. The van der Waals surface area contributed by atoms with Crippen molar-refractivity contribution in [1.29, 1.82) is 0 Å². The van der Waals surface area contributed by atoms with Gasteiger partial charge in [-0.25, -0.2) is 0 Å². The summed E-state index contributed by atoms with van der Waals surface area (Å²) in [6.07, 6.45) is -4.86. The van der Waals surface area contributed by atoms with Gasteiger partial charge in [-0.1, -0.05) is 6.07 Å². The Labute approximate surface area is 160 Å². The lowest BCUT2D eigenvalue weighted by molar-refractivity contribution is -0.274. The molecular weight excluding hydrogens is 385 g/mol. The van der Waals surface area contributed by atoms with Gasteiger partial charge in [0, 0.05) is 26.9 Å². The zero-order valence-electron chi connectivity index (χ0n) is 14.9. The number of rotatable bonds is 2. The fourth-order valence-corrected chi connectivity index (χ4v) is 4.01. The molecule has 0 spiro atoms. The van der Waals surface area contributed by atoms with Crippen LogP contribution < -0.4 is 20.3 Å². The van der Waals surface area contributed by atoms with Crippen molar-refractivity contribution >= 4 is 43.1 Å². The third kappa shape index (κ3) is 2.47. The fourth-order valence-electron chi connectivity index (χ4n) is 4.01. The van der Waals surface area contributed by atoms with E-state index in [1.807, 2.05) is 0 Å². The van der Waals surface area contributed by atoms with Crippen LogP contribution in [0.4, 0.5) is 13.2 Å². The molecule has 0 aromatic heterocycles. The molecule has 7 heteroatoms. The van der Waals surface area contributed by atoms with E-state index in [2.05, 4.69) is 4.74 Å². The van der Waals surface area contributed by atoms with Crippen molar-refractivity contribution in [3.8, 4) is 11.5 Å². The molecule has 0 aliphatic heterocycles. The molecule has 0 aliphatic rings. The maximum Gasteiger partial charge on any atom is 0.573 e. The molecule has 29 heavy (non-hydrogen) atoms. The second-order valence-electron chi connectivity index (χ2n) is 6.74. The molecule has 4 nitrogen and oxygen atoms in total. The van der Waals surface area contributed by atoms with E-state index in [9.17, 15) is 22.8 Å². The van der Waals surface area contributed by atoms with Crippen LogP contribution in [0.3, 0.4) is 0 Å². The van der Waals surface area contributed by atoms with E-state index in [4.69, 9.17) is 4.74 Å². The molecule has 0 radical (unpaired) electrons. The van der Waals surface area contributed by atoms with Crippen LogP contribution in [0.15, 0.2) is 58.1 Å². The quantitative estimate of drug-likeness (QED) is 0.430. The molecule has 144 valence electrons. The van der Waals surface area contributed by atoms with Gasteiger partial charge < -0.3 is 9.47 Å². The summed E-state index contributed by atoms with van der Waals surface area (Å²) >= 11 is 0. The Kier molecular flexibility index (Phi) is 3.44. The van der Waals surface area contributed by atoms with Crippen LogP contribution in [0.5, 0.6) is 11.5 Å². The number of methoxy groups -OCH3 is 1. The highest BCUT2D eigenvalue weighted by atomic mass is 19.4. The highest BCUT2D eigenvalue weighted by Gasteiger charge is 2.31. The number of hydrogen-bond donors (Lipinski definition) is 0. The van der Waals surface area contributed by atoms with Crippen LogP contribution >= 0.6 is 0 Å². The highest BCUT2D eigenvalue weighted by molar-refractivity contribution is 6.28. The molecule has 5 rings (SSSR count). The Morgan fingerprint density at radius 1 is 0.655 bits per heavy atom. The molecule has 5 aromatic carbocycles. The maximum atomic E-state index is 13.1. The van der Waals surface area contributed by atoms with Crippen LogP contribution in [0, 0.1) is 0 Å². The molecular formula is C22H11F3O4. The van der Waals surface area contributed by atoms with Crippen LogP contribution in [0.1, 0.15) is 0 Å². The summed E-state index contributed by atoms with van der Waals surface area (Å²) in [5.41, 5.74) is -0.686. The molecule has 0 atom stereocenters. The second kappa shape index (κ2) is 5.70. The third-order valence-electron chi connectivity index (χ3n) is 5.18. The average Bonchev–Trinajstić information content (AvgIpc) is 3.12. The Morgan fingerprint density at radius 2 is 1.21 bits per heavy atom. The smallest absolute Gasteiger partial charge is 0.497 e. The van der Waals surface area contributed by atoms with E-state index in [1.54, 1.807) is 30.3 Å². The van der Waals surface area contributed by atoms with Crippen LogP contribution in [-0.2, 0) is 0 Å². The molecule has 0 aliphatic carbocycles. The number of fused-ring (bicyclic) bond motifs is 7. The van der Waals surface area contributed by atoms with Gasteiger partial charge in [0.05, 0.1) is 7.11 Å². The van der Waals surface area contributed by atoms with E-state index in [1.165, 1.54) is 13.2 Å². The normalized spacial score (nSPS) is 12.4. The summed E-state index contributed by atoms with van der Waals surface area (Å²) < 4.78 is 46.7. The van der Waals surface area contributed by atoms with Crippen LogP contribution in [0.2, 0.25) is 0 Å². The predicted octanol–water partition coefficient (Wildman–Crippen LogP) is 4.80. The van der Waals surface area contributed by atoms with Gasteiger partial charge in [-0.05, 0) is 58.6 Å². The van der Waals surface area contributed by atoms with Crippen molar-refractivity contribution < 1.29 is 22.6 Å². The van der Waals surface area contributed by atoms with Crippen molar-refractivity contribution in [2.75, 3.05) is 7.11 Å². The highest BCUT2D eigenvalue weighted by Crippen LogP contribution is 2.36. The van der Waals surface area contributed by atoms with Crippen molar-refractivity contribution in [2.24, 2.45) is 0 Å². The molecule has 0 saturated heterocycles. The second-order valence-corrected chi connectivity index (χ2v) is 6.74. The van der Waals surface area contributed by atoms with Gasteiger partial charge in [0.2, 0.25) is 0 Å². The molecule has 5 aromatic rings. The Bertz CT molecular complexity index is 1540. The minimum atomic E-state index is -4.86. The topological polar surface area (TPSA) is 52.6 Å². The van der Waals surface area contributed by atoms with E-state index < -0.39 is 17.5 Å². The average molecular weight is 396 g/mol. The lowest BCUT2D eigenvalue weighted by Crippen LogP contribution is -2.17. The molecule has 0 heterocycles. The van der Waals surface area contributed by atoms with Gasteiger partial charge in [-0.15, -0.1) is 13.2 Å². The zero-order valence-corrected chi connectivity index (χ0v) is 14.9. The minimum absolute atomic E-state index is 0.0801. The van der Waals surface area contributed by atoms with Crippen LogP contribution in [0.25, 0.3) is 43.1 Å². The Balaban J connectivity index is 1.92. The summed E-state index contributed by atoms with van der Waals surface area (Å²) in [6.45, 7) is 0.